The van der Waals surface area contributed by atoms with E-state index in [1.54, 1.807) is 6.92 Å². The van der Waals surface area contributed by atoms with Gasteiger partial charge in [-0.25, -0.2) is 0 Å². The lowest BCUT2D eigenvalue weighted by Crippen LogP contribution is -2.46. The number of hydrogen-bond acceptors (Lipinski definition) is 5. The molecule has 0 bridgehead atoms. The van der Waals surface area contributed by atoms with Crippen LogP contribution in [-0.2, 0) is 22.8 Å². The molecule has 0 unspecified atom stereocenters. The third kappa shape index (κ3) is 8.04. The van der Waals surface area contributed by atoms with Crippen molar-refractivity contribution in [2.45, 2.75) is 45.0 Å². The van der Waals surface area contributed by atoms with Gasteiger partial charge in [-0.1, -0.05) is 15.9 Å². The third-order valence-corrected chi connectivity index (χ3v) is 5.81. The summed E-state index contributed by atoms with van der Waals surface area (Å²) in [4.78, 5) is 11.0. The van der Waals surface area contributed by atoms with Gasteiger partial charge in [-0.3, -0.25) is 4.79 Å². The molecule has 0 saturated heterocycles. The molecule has 19 heavy (non-hydrogen) atoms. The Labute approximate surface area is 125 Å². The van der Waals surface area contributed by atoms with Crippen molar-refractivity contribution < 1.29 is 22.8 Å². The summed E-state index contributed by atoms with van der Waals surface area (Å²) in [5.41, 5.74) is 0. The largest absolute Gasteiger partial charge is 0.501 e. The zero-order valence-corrected chi connectivity index (χ0v) is 14.8. The number of carbonyl (C=O) groups excluding carboxylic acids is 1. The van der Waals surface area contributed by atoms with E-state index in [1.807, 2.05) is 20.8 Å². The van der Waals surface area contributed by atoms with Gasteiger partial charge >= 0.3 is 14.8 Å². The maximum Gasteiger partial charge on any atom is 0.501 e. The molecular weight excluding hydrogens is 332 g/mol. The number of alkyl halides is 1. The maximum absolute atomic E-state index is 11.3. The van der Waals surface area contributed by atoms with Gasteiger partial charge in [-0.05, 0) is 34.1 Å². The Kier molecular flexibility index (Phi) is 10.8. The number of esters is 1. The Balaban J connectivity index is 4.20. The molecule has 0 spiro atoms. The predicted molar refractivity (Wildman–Crippen MR) is 79.4 cm³/mol. The Morgan fingerprint density at radius 3 is 1.95 bits per heavy atom. The van der Waals surface area contributed by atoms with E-state index in [0.717, 1.165) is 0 Å². The number of hydrogen-bond donors (Lipinski definition) is 0. The number of rotatable bonds is 11. The van der Waals surface area contributed by atoms with Gasteiger partial charge < -0.3 is 18.0 Å². The molecule has 1 atom stereocenters. The second kappa shape index (κ2) is 10.8. The van der Waals surface area contributed by atoms with Crippen molar-refractivity contribution in [2.24, 2.45) is 0 Å². The van der Waals surface area contributed by atoms with E-state index in [1.165, 1.54) is 0 Å². The summed E-state index contributed by atoms with van der Waals surface area (Å²) < 4.78 is 22.2. The van der Waals surface area contributed by atoms with Crippen LogP contribution in [0.1, 0.15) is 34.1 Å². The minimum absolute atomic E-state index is 0.253. The molecule has 0 amide bonds. The van der Waals surface area contributed by atoms with Crippen molar-refractivity contribution in [3.8, 4) is 0 Å². The first kappa shape index (κ1) is 19.0. The summed E-state index contributed by atoms with van der Waals surface area (Å²) in [6, 6.07) is 0.659. The van der Waals surface area contributed by atoms with Crippen LogP contribution in [0.15, 0.2) is 0 Å². The monoisotopic (exact) mass is 356 g/mol. The summed E-state index contributed by atoms with van der Waals surface area (Å²) in [6.45, 7) is 9.54. The lowest BCUT2D eigenvalue weighted by Gasteiger charge is -2.28. The highest BCUT2D eigenvalue weighted by atomic mass is 79.9. The van der Waals surface area contributed by atoms with E-state index in [4.69, 9.17) is 18.0 Å². The zero-order chi connectivity index (χ0) is 14.7. The van der Waals surface area contributed by atoms with Crippen LogP contribution in [0.3, 0.4) is 0 Å². The lowest BCUT2D eigenvalue weighted by atomic mass is 10.5. The van der Waals surface area contributed by atoms with Gasteiger partial charge in [0, 0.05) is 25.9 Å². The van der Waals surface area contributed by atoms with Gasteiger partial charge in [0.25, 0.3) is 0 Å². The van der Waals surface area contributed by atoms with Crippen molar-refractivity contribution in [1.82, 2.24) is 0 Å². The van der Waals surface area contributed by atoms with Crippen LogP contribution < -0.4 is 0 Å². The van der Waals surface area contributed by atoms with Gasteiger partial charge in [0.05, 0.1) is 6.61 Å². The molecule has 7 heteroatoms. The fraction of sp³-hybridized carbons (Fsp3) is 0.917. The van der Waals surface area contributed by atoms with E-state index in [-0.39, 0.29) is 10.8 Å². The van der Waals surface area contributed by atoms with Crippen LogP contribution >= 0.6 is 15.9 Å². The zero-order valence-electron chi connectivity index (χ0n) is 12.2. The maximum atomic E-state index is 11.3. The summed E-state index contributed by atoms with van der Waals surface area (Å²) in [5, 5.41) is 0. The molecule has 114 valence electrons. The van der Waals surface area contributed by atoms with Crippen molar-refractivity contribution in [2.75, 3.05) is 26.4 Å². The van der Waals surface area contributed by atoms with E-state index >= 15 is 0 Å². The Morgan fingerprint density at radius 1 is 1.11 bits per heavy atom. The quantitative estimate of drug-likeness (QED) is 0.246. The Hall–Kier alpha value is 0.0469. The van der Waals surface area contributed by atoms with E-state index in [2.05, 4.69) is 15.9 Å². The first-order valence-corrected chi connectivity index (χ1v) is 9.58. The minimum Gasteiger partial charge on any atom is -0.465 e. The molecule has 0 aliphatic carbocycles. The predicted octanol–water partition coefficient (Wildman–Crippen LogP) is 2.75. The van der Waals surface area contributed by atoms with E-state index < -0.39 is 8.80 Å². The lowest BCUT2D eigenvalue weighted by molar-refractivity contribution is -0.142. The van der Waals surface area contributed by atoms with E-state index in [9.17, 15) is 4.79 Å². The average Bonchev–Trinajstić information content (AvgIpc) is 2.35. The van der Waals surface area contributed by atoms with Crippen LogP contribution in [0.4, 0.5) is 0 Å². The fourth-order valence-electron chi connectivity index (χ4n) is 1.58. The third-order valence-electron chi connectivity index (χ3n) is 2.29. The first-order valence-electron chi connectivity index (χ1n) is 6.73. The highest BCUT2D eigenvalue weighted by molar-refractivity contribution is 9.10. The molecule has 0 rings (SSSR count). The van der Waals surface area contributed by atoms with Gasteiger partial charge in [0.1, 0.15) is 4.83 Å². The van der Waals surface area contributed by atoms with Gasteiger partial charge in [-0.15, -0.1) is 0 Å². The molecular formula is C12H25BrO5Si. The molecule has 0 aliphatic heterocycles. The summed E-state index contributed by atoms with van der Waals surface area (Å²) in [7, 11) is -2.60. The molecule has 0 aromatic heterocycles. The van der Waals surface area contributed by atoms with Crippen LogP contribution in [0.5, 0.6) is 0 Å². The van der Waals surface area contributed by atoms with Gasteiger partial charge in [0.15, 0.2) is 0 Å². The highest BCUT2D eigenvalue weighted by Gasteiger charge is 2.39. The van der Waals surface area contributed by atoms with Gasteiger partial charge in [0.2, 0.25) is 0 Å². The SMILES string of the molecule is CCO[Si](CCCOC(=O)[C@H](C)Br)(OCC)OCC. The highest BCUT2D eigenvalue weighted by Crippen LogP contribution is 2.18. The normalized spacial score (nSPS) is 13.3. The number of halogens is 1. The first-order chi connectivity index (χ1) is 9.01. The fourth-order valence-corrected chi connectivity index (χ4v) is 4.29. The summed E-state index contributed by atoms with van der Waals surface area (Å²) in [6.07, 6.45) is 0.678. The number of ether oxygens (including phenoxy) is 1. The molecule has 0 aromatic rings. The Bertz CT molecular complexity index is 233. The smallest absolute Gasteiger partial charge is 0.465 e. The standard InChI is InChI=1S/C12H25BrO5Si/c1-5-16-19(17-6-2,18-7-3)10-8-9-15-12(14)11(4)13/h11H,5-10H2,1-4H3/t11-/m0/s1. The average molecular weight is 357 g/mol. The summed E-state index contributed by atoms with van der Waals surface area (Å²) >= 11 is 3.17. The molecule has 0 radical (unpaired) electrons. The van der Waals surface area contributed by atoms with Crippen LogP contribution in [0.25, 0.3) is 0 Å². The van der Waals surface area contributed by atoms with Gasteiger partial charge in [-0.2, -0.15) is 0 Å². The second-order valence-electron chi connectivity index (χ2n) is 3.87. The molecule has 0 fully saturated rings. The molecule has 0 aliphatic rings. The van der Waals surface area contributed by atoms with E-state index in [0.29, 0.717) is 38.9 Å². The number of carbonyl (C=O) groups is 1. The van der Waals surface area contributed by atoms with Crippen molar-refractivity contribution in [1.29, 1.82) is 0 Å². The van der Waals surface area contributed by atoms with Crippen molar-refractivity contribution >= 4 is 30.7 Å². The summed E-state index contributed by atoms with van der Waals surface area (Å²) in [5.74, 6) is -0.253. The van der Waals surface area contributed by atoms with Crippen molar-refractivity contribution in [3.63, 3.8) is 0 Å². The topological polar surface area (TPSA) is 54.0 Å². The van der Waals surface area contributed by atoms with Crippen LogP contribution in [0, 0.1) is 0 Å². The molecule has 0 heterocycles. The minimum atomic E-state index is -2.60. The second-order valence-corrected chi connectivity index (χ2v) is 7.97. The molecule has 0 aromatic carbocycles. The molecule has 5 nitrogen and oxygen atoms in total. The molecule has 0 N–H and O–H groups in total. The Morgan fingerprint density at radius 2 is 1.58 bits per heavy atom. The van der Waals surface area contributed by atoms with Crippen LogP contribution in [0.2, 0.25) is 6.04 Å². The van der Waals surface area contributed by atoms with Crippen LogP contribution in [-0.4, -0.2) is 46.0 Å². The molecule has 0 saturated carbocycles. The van der Waals surface area contributed by atoms with Crippen molar-refractivity contribution in [3.05, 3.63) is 0 Å².